The van der Waals surface area contributed by atoms with E-state index in [1.807, 2.05) is 0 Å². The summed E-state index contributed by atoms with van der Waals surface area (Å²) >= 11 is 0. The van der Waals surface area contributed by atoms with E-state index in [2.05, 4.69) is 9.47 Å². The molecule has 0 unspecified atom stereocenters. The summed E-state index contributed by atoms with van der Waals surface area (Å²) in [5, 5.41) is 0. The third-order valence-corrected chi connectivity index (χ3v) is 2.40. The number of benzene rings is 1. The second kappa shape index (κ2) is 7.67. The van der Waals surface area contributed by atoms with E-state index in [0.29, 0.717) is 0 Å². The fourth-order valence-electron chi connectivity index (χ4n) is 1.27. The number of esters is 1. The molecule has 0 amide bonds. The molecule has 0 fully saturated rings. The monoisotopic (exact) mass is 320 g/mol. The average molecular weight is 320 g/mol. The maximum absolute atomic E-state index is 12.3. The van der Waals surface area contributed by atoms with Gasteiger partial charge in [-0.05, 0) is 24.3 Å². The second-order valence-corrected chi connectivity index (χ2v) is 4.54. The topological polar surface area (TPSA) is 61.8 Å². The van der Waals surface area contributed by atoms with Crippen LogP contribution in [0.3, 0.4) is 0 Å². The maximum Gasteiger partial charge on any atom is 0.513 e. The van der Waals surface area contributed by atoms with Gasteiger partial charge in [0.05, 0.1) is 11.5 Å². The van der Waals surface area contributed by atoms with E-state index in [1.165, 1.54) is 0 Å². The van der Waals surface area contributed by atoms with Gasteiger partial charge in [0.15, 0.2) is 0 Å². The Kier molecular flexibility index (Phi) is 6.21. The molecule has 1 aromatic carbocycles. The molecule has 0 aliphatic heterocycles. The van der Waals surface area contributed by atoms with Gasteiger partial charge < -0.3 is 14.2 Å². The smallest absolute Gasteiger partial charge is 0.462 e. The predicted molar refractivity (Wildman–Crippen MR) is 69.2 cm³/mol. The third-order valence-electron chi connectivity index (χ3n) is 2.40. The molecule has 1 rings (SSSR count). The van der Waals surface area contributed by atoms with Gasteiger partial charge in [-0.2, -0.15) is 13.2 Å². The Balaban J connectivity index is 2.35. The number of carbonyl (C=O) groups is 2. The Labute approximate surface area is 125 Å². The summed E-state index contributed by atoms with van der Waals surface area (Å²) < 4.78 is 51.0. The van der Waals surface area contributed by atoms with Crippen LogP contribution in [0.1, 0.15) is 19.4 Å². The third kappa shape index (κ3) is 6.02. The zero-order valence-electron chi connectivity index (χ0n) is 12.0. The van der Waals surface area contributed by atoms with Gasteiger partial charge in [-0.3, -0.25) is 4.79 Å². The van der Waals surface area contributed by atoms with Crippen molar-refractivity contribution >= 4 is 12.1 Å². The lowest BCUT2D eigenvalue weighted by Crippen LogP contribution is -2.18. The lowest BCUT2D eigenvalue weighted by atomic mass is 10.2. The quantitative estimate of drug-likeness (QED) is 0.472. The molecule has 5 nitrogen and oxygen atoms in total. The highest BCUT2D eigenvalue weighted by molar-refractivity contribution is 5.71. The van der Waals surface area contributed by atoms with Gasteiger partial charge in [-0.25, -0.2) is 4.79 Å². The van der Waals surface area contributed by atoms with E-state index >= 15 is 0 Å². The normalized spacial score (nSPS) is 11.2. The van der Waals surface area contributed by atoms with Crippen molar-refractivity contribution in [2.75, 3.05) is 13.2 Å². The number of carbonyl (C=O) groups excluding carboxylic acids is 2. The van der Waals surface area contributed by atoms with Crippen molar-refractivity contribution in [2.24, 2.45) is 5.92 Å². The Morgan fingerprint density at radius 3 is 2.09 bits per heavy atom. The van der Waals surface area contributed by atoms with E-state index in [0.717, 1.165) is 24.3 Å². The summed E-state index contributed by atoms with van der Waals surface area (Å²) in [6.45, 7) is 2.97. The van der Waals surface area contributed by atoms with Gasteiger partial charge in [0.25, 0.3) is 0 Å². The minimum atomic E-state index is -4.46. The first kappa shape index (κ1) is 17.8. The number of alkyl halides is 3. The molecule has 0 bridgehead atoms. The molecule has 0 spiro atoms. The van der Waals surface area contributed by atoms with Gasteiger partial charge in [-0.1, -0.05) is 13.8 Å². The summed E-state index contributed by atoms with van der Waals surface area (Å²) in [5.74, 6) is -0.809. The first-order valence-corrected chi connectivity index (χ1v) is 6.38. The van der Waals surface area contributed by atoms with Gasteiger partial charge in [0, 0.05) is 0 Å². The van der Waals surface area contributed by atoms with Crippen molar-refractivity contribution in [3.8, 4) is 5.75 Å². The summed E-state index contributed by atoms with van der Waals surface area (Å²) in [4.78, 5) is 22.4. The van der Waals surface area contributed by atoms with Gasteiger partial charge in [0.2, 0.25) is 0 Å². The highest BCUT2D eigenvalue weighted by Crippen LogP contribution is 2.30. The van der Waals surface area contributed by atoms with Crippen molar-refractivity contribution in [1.29, 1.82) is 0 Å². The molecule has 0 heterocycles. The molecule has 0 aromatic heterocycles. The van der Waals surface area contributed by atoms with Crippen molar-refractivity contribution in [2.45, 2.75) is 20.0 Å². The molecular weight excluding hydrogens is 305 g/mol. The van der Waals surface area contributed by atoms with Gasteiger partial charge in [0.1, 0.15) is 19.0 Å². The number of ether oxygens (including phenoxy) is 3. The number of rotatable bonds is 5. The molecular formula is C14H15F3O5. The molecule has 8 heteroatoms. The molecule has 0 atom stereocenters. The SMILES string of the molecule is CC(C)C(=O)OCCOC(=O)Oc1ccc(C(F)(F)F)cc1. The minimum Gasteiger partial charge on any atom is -0.462 e. The summed E-state index contributed by atoms with van der Waals surface area (Å²) in [6, 6.07) is 3.58. The number of hydrogen-bond acceptors (Lipinski definition) is 5. The number of hydrogen-bond donors (Lipinski definition) is 0. The van der Waals surface area contributed by atoms with Crippen LogP contribution in [-0.2, 0) is 20.4 Å². The van der Waals surface area contributed by atoms with Crippen LogP contribution in [0.4, 0.5) is 18.0 Å². The van der Waals surface area contributed by atoms with Crippen LogP contribution in [-0.4, -0.2) is 25.3 Å². The summed E-state index contributed by atoms with van der Waals surface area (Å²) in [5.41, 5.74) is -0.853. The van der Waals surface area contributed by atoms with Crippen LogP contribution >= 0.6 is 0 Å². The molecule has 0 N–H and O–H groups in total. The fraction of sp³-hybridized carbons (Fsp3) is 0.429. The minimum absolute atomic E-state index is 0.0859. The molecule has 0 aliphatic rings. The van der Waals surface area contributed by atoms with Crippen molar-refractivity contribution in [3.63, 3.8) is 0 Å². The molecule has 0 aliphatic carbocycles. The lowest BCUT2D eigenvalue weighted by molar-refractivity contribution is -0.148. The highest BCUT2D eigenvalue weighted by Gasteiger charge is 2.30. The van der Waals surface area contributed by atoms with Crippen LogP contribution in [0.15, 0.2) is 24.3 Å². The van der Waals surface area contributed by atoms with E-state index in [1.54, 1.807) is 13.8 Å². The van der Waals surface area contributed by atoms with Crippen molar-refractivity contribution < 1.29 is 37.0 Å². The van der Waals surface area contributed by atoms with Gasteiger partial charge >= 0.3 is 18.3 Å². The highest BCUT2D eigenvalue weighted by atomic mass is 19.4. The van der Waals surface area contributed by atoms with E-state index in [4.69, 9.17) is 4.74 Å². The molecule has 0 radical (unpaired) electrons. The largest absolute Gasteiger partial charge is 0.513 e. The predicted octanol–water partition coefficient (Wildman–Crippen LogP) is 3.42. The van der Waals surface area contributed by atoms with Crippen molar-refractivity contribution in [1.82, 2.24) is 0 Å². The average Bonchev–Trinajstić information content (AvgIpc) is 2.42. The first-order chi connectivity index (χ1) is 10.2. The van der Waals surface area contributed by atoms with Crippen LogP contribution in [0, 0.1) is 5.92 Å². The maximum atomic E-state index is 12.3. The summed E-state index contributed by atoms with van der Waals surface area (Å²) in [7, 11) is 0. The molecule has 0 saturated heterocycles. The standard InChI is InChI=1S/C14H15F3O5/c1-9(2)12(18)20-7-8-21-13(19)22-11-5-3-10(4-6-11)14(15,16)17/h3-6,9H,7-8H2,1-2H3. The fourth-order valence-corrected chi connectivity index (χ4v) is 1.27. The zero-order valence-corrected chi connectivity index (χ0v) is 12.0. The van der Waals surface area contributed by atoms with Crippen LogP contribution < -0.4 is 4.74 Å². The second-order valence-electron chi connectivity index (χ2n) is 4.54. The zero-order chi connectivity index (χ0) is 16.8. The summed E-state index contributed by atoms with van der Waals surface area (Å²) in [6.07, 6.45) is -5.56. The Hall–Kier alpha value is -2.25. The van der Waals surface area contributed by atoms with Crippen LogP contribution in [0.25, 0.3) is 0 Å². The van der Waals surface area contributed by atoms with E-state index in [9.17, 15) is 22.8 Å². The Bertz CT molecular complexity index is 508. The molecule has 1 aromatic rings. The number of halogens is 3. The van der Waals surface area contributed by atoms with Gasteiger partial charge in [-0.15, -0.1) is 0 Å². The molecule has 22 heavy (non-hydrogen) atoms. The van der Waals surface area contributed by atoms with E-state index < -0.39 is 23.9 Å². The Morgan fingerprint density at radius 2 is 1.59 bits per heavy atom. The van der Waals surface area contributed by atoms with Crippen LogP contribution in [0.5, 0.6) is 5.75 Å². The molecule has 122 valence electrons. The van der Waals surface area contributed by atoms with Crippen LogP contribution in [0.2, 0.25) is 0 Å². The lowest BCUT2D eigenvalue weighted by Gasteiger charge is -2.09. The first-order valence-electron chi connectivity index (χ1n) is 6.38. The molecule has 0 saturated carbocycles. The van der Waals surface area contributed by atoms with Crippen molar-refractivity contribution in [3.05, 3.63) is 29.8 Å². The van der Waals surface area contributed by atoms with E-state index in [-0.39, 0.29) is 24.9 Å². The Morgan fingerprint density at radius 1 is 1.05 bits per heavy atom.